The molecular weight excluding hydrogens is 470 g/mol. The van der Waals surface area contributed by atoms with Gasteiger partial charge in [0, 0.05) is 23.5 Å². The van der Waals surface area contributed by atoms with Gasteiger partial charge in [0.15, 0.2) is 11.5 Å². The number of rotatable bonds is 5. The number of H-pyrrole nitrogens is 2. The smallest absolute Gasteiger partial charge is 0.161 e. The van der Waals surface area contributed by atoms with Crippen LogP contribution in [0.2, 0.25) is 0 Å². The Morgan fingerprint density at radius 2 is 1.78 bits per heavy atom. The van der Waals surface area contributed by atoms with E-state index in [1.807, 2.05) is 30.6 Å². The molecule has 1 fully saturated rings. The zero-order chi connectivity index (χ0) is 23.9. The molecule has 6 aromatic rings. The van der Waals surface area contributed by atoms with Crippen molar-refractivity contribution in [3.63, 3.8) is 0 Å². The summed E-state index contributed by atoms with van der Waals surface area (Å²) >= 11 is 1.65. The SMILES string of the molecule is c1cc(-c2cncc3[nH]c(-c4n[nH]c5ccc(-c6cncc(OC7CCCCC7)c6)nc45)nc23)cs1. The van der Waals surface area contributed by atoms with E-state index in [2.05, 4.69) is 42.0 Å². The molecule has 0 atom stereocenters. The average Bonchev–Trinajstić information content (AvgIpc) is 3.68. The van der Waals surface area contributed by atoms with Gasteiger partial charge >= 0.3 is 0 Å². The fourth-order valence-electron chi connectivity index (χ4n) is 4.90. The summed E-state index contributed by atoms with van der Waals surface area (Å²) in [6, 6.07) is 8.07. The van der Waals surface area contributed by atoms with Gasteiger partial charge in [-0.2, -0.15) is 16.4 Å². The van der Waals surface area contributed by atoms with E-state index in [1.165, 1.54) is 19.3 Å². The minimum absolute atomic E-state index is 0.272. The first-order valence-electron chi connectivity index (χ1n) is 12.2. The Balaban J connectivity index is 1.26. The third-order valence-electron chi connectivity index (χ3n) is 6.72. The van der Waals surface area contributed by atoms with Crippen LogP contribution in [-0.2, 0) is 0 Å². The second-order valence-corrected chi connectivity index (χ2v) is 9.91. The van der Waals surface area contributed by atoms with Crippen LogP contribution in [0, 0.1) is 0 Å². The van der Waals surface area contributed by atoms with E-state index in [9.17, 15) is 0 Å². The molecule has 2 N–H and O–H groups in total. The molecule has 1 aliphatic rings. The molecule has 7 rings (SSSR count). The predicted molar refractivity (Wildman–Crippen MR) is 141 cm³/mol. The molecule has 178 valence electrons. The molecule has 1 saturated carbocycles. The third-order valence-corrected chi connectivity index (χ3v) is 7.41. The number of fused-ring (bicyclic) bond motifs is 2. The first-order chi connectivity index (χ1) is 17.8. The zero-order valence-electron chi connectivity index (χ0n) is 19.4. The van der Waals surface area contributed by atoms with Crippen molar-refractivity contribution in [2.45, 2.75) is 38.2 Å². The maximum atomic E-state index is 6.23. The number of thiophene rings is 1. The molecule has 0 aromatic carbocycles. The zero-order valence-corrected chi connectivity index (χ0v) is 20.3. The van der Waals surface area contributed by atoms with Crippen LogP contribution in [0.4, 0.5) is 0 Å². The quantitative estimate of drug-likeness (QED) is 0.288. The molecule has 6 aromatic heterocycles. The number of aromatic amines is 2. The van der Waals surface area contributed by atoms with E-state index < -0.39 is 0 Å². The van der Waals surface area contributed by atoms with Gasteiger partial charge in [0.2, 0.25) is 0 Å². The van der Waals surface area contributed by atoms with Crippen LogP contribution in [0.15, 0.2) is 59.8 Å². The normalized spacial score (nSPS) is 14.6. The van der Waals surface area contributed by atoms with Crippen molar-refractivity contribution in [1.82, 2.24) is 35.1 Å². The highest BCUT2D eigenvalue weighted by Gasteiger charge is 2.18. The molecule has 0 spiro atoms. The lowest BCUT2D eigenvalue weighted by molar-refractivity contribution is 0.154. The van der Waals surface area contributed by atoms with Gasteiger partial charge in [-0.3, -0.25) is 15.1 Å². The molecule has 1 aliphatic carbocycles. The molecule has 0 unspecified atom stereocenters. The Hall–Kier alpha value is -4.11. The van der Waals surface area contributed by atoms with Gasteiger partial charge in [-0.25, -0.2) is 9.97 Å². The minimum Gasteiger partial charge on any atom is -0.489 e. The molecule has 6 heterocycles. The fraction of sp³-hybridized carbons (Fsp3) is 0.222. The molecule has 0 saturated heterocycles. The molecule has 0 bridgehead atoms. The highest BCUT2D eigenvalue weighted by atomic mass is 32.1. The second kappa shape index (κ2) is 8.83. The molecule has 0 amide bonds. The monoisotopic (exact) mass is 493 g/mol. The predicted octanol–water partition coefficient (Wildman–Crippen LogP) is 6.40. The largest absolute Gasteiger partial charge is 0.489 e. The Kier molecular flexibility index (Phi) is 5.20. The molecular formula is C27H23N7OS. The van der Waals surface area contributed by atoms with Gasteiger partial charge in [0.25, 0.3) is 0 Å². The second-order valence-electron chi connectivity index (χ2n) is 9.13. The van der Waals surface area contributed by atoms with E-state index >= 15 is 0 Å². The van der Waals surface area contributed by atoms with Gasteiger partial charge in [0.1, 0.15) is 16.8 Å². The summed E-state index contributed by atoms with van der Waals surface area (Å²) in [5.74, 6) is 1.44. The van der Waals surface area contributed by atoms with Crippen LogP contribution in [-0.4, -0.2) is 41.2 Å². The molecule has 8 nitrogen and oxygen atoms in total. The van der Waals surface area contributed by atoms with Gasteiger partial charge < -0.3 is 9.72 Å². The Bertz CT molecular complexity index is 1660. The van der Waals surface area contributed by atoms with E-state index in [4.69, 9.17) is 14.7 Å². The number of nitrogens with one attached hydrogen (secondary N) is 2. The third kappa shape index (κ3) is 3.81. The molecule has 0 radical (unpaired) electrons. The van der Waals surface area contributed by atoms with Crippen molar-refractivity contribution >= 4 is 33.4 Å². The van der Waals surface area contributed by atoms with Crippen LogP contribution < -0.4 is 4.74 Å². The highest BCUT2D eigenvalue weighted by Crippen LogP contribution is 2.32. The summed E-state index contributed by atoms with van der Waals surface area (Å²) in [7, 11) is 0. The molecule has 0 aliphatic heterocycles. The lowest BCUT2D eigenvalue weighted by atomic mass is 9.98. The van der Waals surface area contributed by atoms with Crippen molar-refractivity contribution in [1.29, 1.82) is 0 Å². The summed E-state index contributed by atoms with van der Waals surface area (Å²) in [4.78, 5) is 22.1. The Morgan fingerprint density at radius 3 is 2.67 bits per heavy atom. The standard InChI is InChI=1S/C27H23N7OS/c1-2-4-18(5-3-1)35-19-10-17(11-28-12-19)21-6-7-22-25(30-21)26(34-33-22)27-31-23-14-29-13-20(24(23)32-27)16-8-9-36-15-16/h6-15,18H,1-5H2,(H,31,32)(H,33,34). The number of pyridine rings is 3. The first-order valence-corrected chi connectivity index (χ1v) is 13.1. The van der Waals surface area contributed by atoms with Crippen molar-refractivity contribution in [2.24, 2.45) is 0 Å². The number of hydrogen-bond acceptors (Lipinski definition) is 7. The summed E-state index contributed by atoms with van der Waals surface area (Å²) in [6.45, 7) is 0. The summed E-state index contributed by atoms with van der Waals surface area (Å²) < 4.78 is 6.23. The number of hydrogen-bond donors (Lipinski definition) is 2. The topological polar surface area (TPSA) is 105 Å². The Labute approximate surface area is 210 Å². The van der Waals surface area contributed by atoms with Gasteiger partial charge in [0.05, 0.1) is 35.2 Å². The first kappa shape index (κ1) is 21.2. The number of nitrogens with zero attached hydrogens (tertiary/aromatic N) is 5. The van der Waals surface area contributed by atoms with Crippen LogP contribution in [0.5, 0.6) is 5.75 Å². The number of aromatic nitrogens is 7. The summed E-state index contributed by atoms with van der Waals surface area (Å²) in [5.41, 5.74) is 7.79. The van der Waals surface area contributed by atoms with Crippen LogP contribution in [0.1, 0.15) is 32.1 Å². The van der Waals surface area contributed by atoms with Crippen LogP contribution in [0.25, 0.3) is 56.0 Å². The maximum absolute atomic E-state index is 6.23. The van der Waals surface area contributed by atoms with Crippen molar-refractivity contribution in [3.05, 3.63) is 59.8 Å². The fourth-order valence-corrected chi connectivity index (χ4v) is 5.55. The van der Waals surface area contributed by atoms with E-state index in [1.54, 1.807) is 23.7 Å². The molecule has 36 heavy (non-hydrogen) atoms. The van der Waals surface area contributed by atoms with E-state index in [0.29, 0.717) is 11.5 Å². The highest BCUT2D eigenvalue weighted by molar-refractivity contribution is 7.08. The van der Waals surface area contributed by atoms with Crippen molar-refractivity contribution in [2.75, 3.05) is 0 Å². The average molecular weight is 494 g/mol. The number of imidazole rings is 1. The van der Waals surface area contributed by atoms with Crippen molar-refractivity contribution in [3.8, 4) is 39.7 Å². The van der Waals surface area contributed by atoms with Crippen LogP contribution >= 0.6 is 11.3 Å². The van der Waals surface area contributed by atoms with Gasteiger partial charge in [-0.05, 0) is 66.3 Å². The summed E-state index contributed by atoms with van der Waals surface area (Å²) in [6.07, 6.45) is 13.5. The minimum atomic E-state index is 0.272. The van der Waals surface area contributed by atoms with E-state index in [-0.39, 0.29) is 6.10 Å². The maximum Gasteiger partial charge on any atom is 0.161 e. The van der Waals surface area contributed by atoms with Gasteiger partial charge in [-0.1, -0.05) is 6.42 Å². The summed E-state index contributed by atoms with van der Waals surface area (Å²) in [5, 5.41) is 11.8. The number of ether oxygens (including phenoxy) is 1. The van der Waals surface area contributed by atoms with Crippen molar-refractivity contribution < 1.29 is 4.74 Å². The van der Waals surface area contributed by atoms with Gasteiger partial charge in [-0.15, -0.1) is 0 Å². The Morgan fingerprint density at radius 1 is 0.861 bits per heavy atom. The molecule has 9 heteroatoms. The lowest BCUT2D eigenvalue weighted by Crippen LogP contribution is -2.19. The lowest BCUT2D eigenvalue weighted by Gasteiger charge is -2.22. The van der Waals surface area contributed by atoms with Crippen LogP contribution in [0.3, 0.4) is 0 Å². The van der Waals surface area contributed by atoms with E-state index in [0.717, 1.165) is 63.0 Å².